The molecule has 0 aliphatic carbocycles. The third-order valence-electron chi connectivity index (χ3n) is 3.86. The van der Waals surface area contributed by atoms with Crippen LogP contribution in [-0.2, 0) is 11.3 Å². The fourth-order valence-corrected chi connectivity index (χ4v) is 2.91. The van der Waals surface area contributed by atoms with E-state index in [0.29, 0.717) is 23.0 Å². The Hall–Kier alpha value is -1.47. The highest BCUT2D eigenvalue weighted by Crippen LogP contribution is 2.33. The second-order valence-corrected chi connectivity index (χ2v) is 6.05. The van der Waals surface area contributed by atoms with Crippen LogP contribution in [0.1, 0.15) is 25.3 Å². The molecule has 1 atom stereocenters. The summed E-state index contributed by atoms with van der Waals surface area (Å²) < 4.78 is 0.635. The SMILES string of the molecule is CC1(C(=O)O)CCCN1Cc1ccc(Br)cc1[N+](=O)[O-]. The van der Waals surface area contributed by atoms with Gasteiger partial charge in [0.2, 0.25) is 0 Å². The van der Waals surface area contributed by atoms with Crippen LogP contribution < -0.4 is 0 Å². The molecular formula is C13H15BrN2O4. The number of hydrogen-bond donors (Lipinski definition) is 1. The van der Waals surface area contributed by atoms with E-state index in [-0.39, 0.29) is 12.2 Å². The van der Waals surface area contributed by atoms with E-state index in [1.807, 2.05) is 0 Å². The lowest BCUT2D eigenvalue weighted by Crippen LogP contribution is -2.47. The van der Waals surface area contributed by atoms with Crippen molar-refractivity contribution in [1.82, 2.24) is 4.90 Å². The molecule has 0 spiro atoms. The maximum absolute atomic E-state index is 11.4. The Bertz CT molecular complexity index is 563. The molecule has 0 amide bonds. The number of carbonyl (C=O) groups is 1. The quantitative estimate of drug-likeness (QED) is 0.671. The molecule has 1 aromatic carbocycles. The Morgan fingerprint density at radius 2 is 2.30 bits per heavy atom. The average molecular weight is 343 g/mol. The van der Waals surface area contributed by atoms with Gasteiger partial charge in [0.15, 0.2) is 0 Å². The lowest BCUT2D eigenvalue weighted by Gasteiger charge is -2.30. The van der Waals surface area contributed by atoms with Gasteiger partial charge in [-0.1, -0.05) is 15.9 Å². The monoisotopic (exact) mass is 342 g/mol. The van der Waals surface area contributed by atoms with Crippen molar-refractivity contribution >= 4 is 27.6 Å². The van der Waals surface area contributed by atoms with Crippen LogP contribution >= 0.6 is 15.9 Å². The van der Waals surface area contributed by atoms with Gasteiger partial charge in [0.25, 0.3) is 5.69 Å². The first-order valence-electron chi connectivity index (χ1n) is 6.26. The Labute approximate surface area is 124 Å². The molecule has 0 aromatic heterocycles. The summed E-state index contributed by atoms with van der Waals surface area (Å²) in [5.74, 6) is -0.880. The molecule has 1 heterocycles. The first-order chi connectivity index (χ1) is 9.34. The van der Waals surface area contributed by atoms with E-state index in [9.17, 15) is 20.0 Å². The number of benzene rings is 1. The number of carboxylic acid groups (broad SMARTS) is 1. The predicted molar refractivity (Wildman–Crippen MR) is 76.5 cm³/mol. The summed E-state index contributed by atoms with van der Waals surface area (Å²) in [6.45, 7) is 2.58. The first kappa shape index (κ1) is 14.9. The van der Waals surface area contributed by atoms with Crippen LogP contribution in [-0.4, -0.2) is 33.0 Å². The van der Waals surface area contributed by atoms with Crippen molar-refractivity contribution in [2.75, 3.05) is 6.54 Å². The van der Waals surface area contributed by atoms with Gasteiger partial charge in [-0.2, -0.15) is 0 Å². The number of halogens is 1. The number of nitrogens with zero attached hydrogens (tertiary/aromatic N) is 2. The number of nitro groups is 1. The molecule has 1 N–H and O–H groups in total. The fraction of sp³-hybridized carbons (Fsp3) is 0.462. The van der Waals surface area contributed by atoms with Gasteiger partial charge in [0.1, 0.15) is 5.54 Å². The van der Waals surface area contributed by atoms with E-state index in [4.69, 9.17) is 0 Å². The van der Waals surface area contributed by atoms with E-state index in [1.165, 1.54) is 6.07 Å². The van der Waals surface area contributed by atoms with Crippen LogP contribution in [0.4, 0.5) is 5.69 Å². The fourth-order valence-electron chi connectivity index (χ4n) is 2.56. The Balaban J connectivity index is 2.31. The molecule has 1 aliphatic rings. The number of aliphatic carboxylic acids is 1. The van der Waals surface area contributed by atoms with Crippen molar-refractivity contribution in [1.29, 1.82) is 0 Å². The zero-order valence-corrected chi connectivity index (χ0v) is 12.6. The highest BCUT2D eigenvalue weighted by molar-refractivity contribution is 9.10. The summed E-state index contributed by atoms with van der Waals surface area (Å²) in [5.41, 5.74) is -0.396. The molecule has 1 saturated heterocycles. The molecule has 1 aliphatic heterocycles. The van der Waals surface area contributed by atoms with Crippen LogP contribution in [0, 0.1) is 10.1 Å². The van der Waals surface area contributed by atoms with Gasteiger partial charge >= 0.3 is 5.97 Å². The lowest BCUT2D eigenvalue weighted by atomic mass is 9.98. The van der Waals surface area contributed by atoms with Gasteiger partial charge in [-0.15, -0.1) is 0 Å². The van der Waals surface area contributed by atoms with Crippen molar-refractivity contribution in [2.45, 2.75) is 31.8 Å². The number of hydrogen-bond acceptors (Lipinski definition) is 4. The highest BCUT2D eigenvalue weighted by Gasteiger charge is 2.43. The number of nitro benzene ring substituents is 1. The molecule has 1 unspecified atom stereocenters. The number of likely N-dealkylation sites (tertiary alicyclic amines) is 1. The summed E-state index contributed by atoms with van der Waals surface area (Å²) in [7, 11) is 0. The normalized spacial score (nSPS) is 22.9. The van der Waals surface area contributed by atoms with Crippen LogP contribution in [0.15, 0.2) is 22.7 Å². The molecule has 7 heteroatoms. The molecule has 6 nitrogen and oxygen atoms in total. The minimum atomic E-state index is -0.944. The van der Waals surface area contributed by atoms with Gasteiger partial charge in [0.05, 0.1) is 4.92 Å². The van der Waals surface area contributed by atoms with E-state index in [2.05, 4.69) is 15.9 Å². The molecule has 0 radical (unpaired) electrons. The minimum Gasteiger partial charge on any atom is -0.480 e. The van der Waals surface area contributed by atoms with E-state index in [1.54, 1.807) is 24.0 Å². The molecular weight excluding hydrogens is 328 g/mol. The third-order valence-corrected chi connectivity index (χ3v) is 4.35. The zero-order valence-electron chi connectivity index (χ0n) is 11.0. The molecule has 1 aromatic rings. The van der Waals surface area contributed by atoms with Crippen molar-refractivity contribution in [3.05, 3.63) is 38.3 Å². The summed E-state index contributed by atoms with van der Waals surface area (Å²) in [6.07, 6.45) is 1.35. The Morgan fingerprint density at radius 3 is 2.90 bits per heavy atom. The molecule has 1 fully saturated rings. The second-order valence-electron chi connectivity index (χ2n) is 5.13. The maximum Gasteiger partial charge on any atom is 0.323 e. The van der Waals surface area contributed by atoms with E-state index in [0.717, 1.165) is 6.42 Å². The van der Waals surface area contributed by atoms with Crippen LogP contribution in [0.25, 0.3) is 0 Å². The van der Waals surface area contributed by atoms with Crippen molar-refractivity contribution in [3.63, 3.8) is 0 Å². The van der Waals surface area contributed by atoms with Crippen molar-refractivity contribution < 1.29 is 14.8 Å². The summed E-state index contributed by atoms with van der Waals surface area (Å²) in [6, 6.07) is 4.85. The molecule has 0 bridgehead atoms. The number of carboxylic acids is 1. The molecule has 0 saturated carbocycles. The lowest BCUT2D eigenvalue weighted by molar-refractivity contribution is -0.385. The summed E-state index contributed by atoms with van der Waals surface area (Å²) in [4.78, 5) is 23.9. The van der Waals surface area contributed by atoms with E-state index < -0.39 is 16.4 Å². The first-order valence-corrected chi connectivity index (χ1v) is 7.05. The molecule has 108 valence electrons. The van der Waals surface area contributed by atoms with Crippen LogP contribution in [0.3, 0.4) is 0 Å². The highest BCUT2D eigenvalue weighted by atomic mass is 79.9. The van der Waals surface area contributed by atoms with Gasteiger partial charge in [0, 0.05) is 22.6 Å². The van der Waals surface area contributed by atoms with Gasteiger partial charge < -0.3 is 5.11 Å². The minimum absolute atomic E-state index is 0.0130. The maximum atomic E-state index is 11.4. The van der Waals surface area contributed by atoms with Crippen LogP contribution in [0.5, 0.6) is 0 Å². The summed E-state index contributed by atoms with van der Waals surface area (Å²) >= 11 is 3.21. The van der Waals surface area contributed by atoms with Gasteiger partial charge in [-0.3, -0.25) is 19.8 Å². The number of rotatable bonds is 4. The molecule has 2 rings (SSSR count). The smallest absolute Gasteiger partial charge is 0.323 e. The van der Waals surface area contributed by atoms with Crippen molar-refractivity contribution in [2.24, 2.45) is 0 Å². The summed E-state index contributed by atoms with van der Waals surface area (Å²) in [5, 5.41) is 20.5. The van der Waals surface area contributed by atoms with Crippen molar-refractivity contribution in [3.8, 4) is 0 Å². The Kier molecular flexibility index (Phi) is 4.10. The Morgan fingerprint density at radius 1 is 1.60 bits per heavy atom. The van der Waals surface area contributed by atoms with Gasteiger partial charge in [-0.25, -0.2) is 0 Å². The van der Waals surface area contributed by atoms with Gasteiger partial charge in [-0.05, 0) is 38.4 Å². The zero-order chi connectivity index (χ0) is 14.9. The topological polar surface area (TPSA) is 83.7 Å². The predicted octanol–water partition coefficient (Wildman–Crippen LogP) is 2.80. The third kappa shape index (κ3) is 2.69. The van der Waals surface area contributed by atoms with E-state index >= 15 is 0 Å². The average Bonchev–Trinajstić information content (AvgIpc) is 2.74. The largest absolute Gasteiger partial charge is 0.480 e. The second kappa shape index (κ2) is 5.49. The standard InChI is InChI=1S/C13H15BrN2O4/c1-13(12(17)18)5-2-6-15(13)8-9-3-4-10(14)7-11(9)16(19)20/h3-4,7H,2,5-6,8H2,1H3,(H,17,18). The van der Waals surface area contributed by atoms with Crippen LogP contribution in [0.2, 0.25) is 0 Å². The molecule has 20 heavy (non-hydrogen) atoms.